The lowest BCUT2D eigenvalue weighted by Gasteiger charge is -2.51. The van der Waals surface area contributed by atoms with Gasteiger partial charge in [-0.1, -0.05) is 6.07 Å². The highest BCUT2D eigenvalue weighted by Gasteiger charge is 2.48. The van der Waals surface area contributed by atoms with Gasteiger partial charge in [0.1, 0.15) is 6.61 Å². The van der Waals surface area contributed by atoms with E-state index in [0.29, 0.717) is 0 Å². The highest BCUT2D eigenvalue weighted by molar-refractivity contribution is 5.78. The molecule has 0 bridgehead atoms. The van der Waals surface area contributed by atoms with Crippen molar-refractivity contribution in [3.05, 3.63) is 30.1 Å². The molecule has 0 radical (unpaired) electrons. The van der Waals surface area contributed by atoms with Gasteiger partial charge in [-0.25, -0.2) is 0 Å². The first-order valence-electron chi connectivity index (χ1n) is 9.21. The highest BCUT2D eigenvalue weighted by Crippen LogP contribution is 2.38. The Balaban J connectivity index is 1.38. The molecule has 1 saturated carbocycles. The standard InChI is InChI=1S/C19H27N3O2/c1-15-19(24-14-18(23)22(15)13-16-4-5-16)6-9-21(10-7-19)12-17-3-2-8-20-11-17/h2-3,8,11,15-16H,4-7,9-10,12-14H2,1H3. The number of likely N-dealkylation sites (tertiary alicyclic amines) is 1. The Labute approximate surface area is 144 Å². The van der Waals surface area contributed by atoms with Gasteiger partial charge in [-0.05, 0) is 50.2 Å². The van der Waals surface area contributed by atoms with Gasteiger partial charge >= 0.3 is 0 Å². The summed E-state index contributed by atoms with van der Waals surface area (Å²) in [6.45, 7) is 6.37. The third-order valence-corrected chi connectivity index (χ3v) is 6.02. The van der Waals surface area contributed by atoms with Crippen LogP contribution in [0.25, 0.3) is 0 Å². The summed E-state index contributed by atoms with van der Waals surface area (Å²) < 4.78 is 6.13. The van der Waals surface area contributed by atoms with Crippen LogP contribution in [0.1, 0.15) is 38.2 Å². The van der Waals surface area contributed by atoms with Gasteiger partial charge in [-0.2, -0.15) is 0 Å². The summed E-state index contributed by atoms with van der Waals surface area (Å²) in [5.74, 6) is 0.912. The molecular formula is C19H27N3O2. The fourth-order valence-corrected chi connectivity index (χ4v) is 4.15. The Morgan fingerprint density at radius 3 is 2.79 bits per heavy atom. The van der Waals surface area contributed by atoms with E-state index in [-0.39, 0.29) is 24.2 Å². The minimum Gasteiger partial charge on any atom is -0.363 e. The minimum absolute atomic E-state index is 0.145. The molecule has 5 nitrogen and oxygen atoms in total. The van der Waals surface area contributed by atoms with E-state index in [2.05, 4.69) is 27.8 Å². The number of piperidine rings is 1. The lowest BCUT2D eigenvalue weighted by Crippen LogP contribution is -2.64. The summed E-state index contributed by atoms with van der Waals surface area (Å²) in [5.41, 5.74) is 1.12. The summed E-state index contributed by atoms with van der Waals surface area (Å²) in [6.07, 6.45) is 8.33. The quantitative estimate of drug-likeness (QED) is 0.848. The molecule has 2 saturated heterocycles. The van der Waals surface area contributed by atoms with Crippen molar-refractivity contribution in [1.29, 1.82) is 0 Å². The number of hydrogen-bond donors (Lipinski definition) is 0. The van der Waals surface area contributed by atoms with E-state index in [1.807, 2.05) is 18.5 Å². The molecule has 1 spiro atoms. The first-order chi connectivity index (χ1) is 11.7. The van der Waals surface area contributed by atoms with Crippen molar-refractivity contribution in [2.24, 2.45) is 5.92 Å². The molecule has 1 aliphatic carbocycles. The molecule has 1 atom stereocenters. The molecule has 24 heavy (non-hydrogen) atoms. The second kappa shape index (κ2) is 6.45. The molecular weight excluding hydrogens is 302 g/mol. The van der Waals surface area contributed by atoms with Crippen molar-refractivity contribution in [2.45, 2.75) is 50.8 Å². The maximum Gasteiger partial charge on any atom is 0.248 e. The third kappa shape index (κ3) is 3.20. The van der Waals surface area contributed by atoms with Gasteiger partial charge in [0, 0.05) is 38.6 Å². The van der Waals surface area contributed by atoms with E-state index in [4.69, 9.17) is 4.74 Å². The maximum absolute atomic E-state index is 12.3. The van der Waals surface area contributed by atoms with Crippen LogP contribution >= 0.6 is 0 Å². The Hall–Kier alpha value is -1.46. The van der Waals surface area contributed by atoms with E-state index in [1.165, 1.54) is 18.4 Å². The van der Waals surface area contributed by atoms with Crippen LogP contribution in [0.5, 0.6) is 0 Å². The van der Waals surface area contributed by atoms with E-state index in [1.54, 1.807) is 0 Å². The van der Waals surface area contributed by atoms with Crippen molar-refractivity contribution < 1.29 is 9.53 Å². The van der Waals surface area contributed by atoms with E-state index < -0.39 is 0 Å². The molecule has 3 fully saturated rings. The number of amides is 1. The van der Waals surface area contributed by atoms with Crippen molar-refractivity contribution in [2.75, 3.05) is 26.2 Å². The number of rotatable bonds is 4. The molecule has 1 amide bonds. The Bertz CT molecular complexity index is 580. The lowest BCUT2D eigenvalue weighted by molar-refractivity contribution is -0.187. The normalized spacial score (nSPS) is 27.6. The molecule has 1 aromatic rings. The van der Waals surface area contributed by atoms with Gasteiger partial charge in [0.25, 0.3) is 0 Å². The number of carbonyl (C=O) groups excluding carboxylic acids is 1. The summed E-state index contributed by atoms with van der Waals surface area (Å²) >= 11 is 0. The monoisotopic (exact) mass is 329 g/mol. The fraction of sp³-hybridized carbons (Fsp3) is 0.684. The predicted octanol–water partition coefficient (Wildman–Crippen LogP) is 2.07. The van der Waals surface area contributed by atoms with Gasteiger partial charge in [0.2, 0.25) is 5.91 Å². The third-order valence-electron chi connectivity index (χ3n) is 6.02. The van der Waals surface area contributed by atoms with E-state index in [0.717, 1.165) is 44.9 Å². The van der Waals surface area contributed by atoms with Crippen molar-refractivity contribution in [3.8, 4) is 0 Å². The van der Waals surface area contributed by atoms with Crippen molar-refractivity contribution >= 4 is 5.91 Å². The predicted molar refractivity (Wildman–Crippen MR) is 91.3 cm³/mol. The zero-order valence-corrected chi connectivity index (χ0v) is 14.5. The van der Waals surface area contributed by atoms with E-state index in [9.17, 15) is 4.79 Å². The number of morpholine rings is 1. The number of pyridine rings is 1. The van der Waals surface area contributed by atoms with Gasteiger partial charge in [0.15, 0.2) is 0 Å². The number of aromatic nitrogens is 1. The maximum atomic E-state index is 12.3. The fourth-order valence-electron chi connectivity index (χ4n) is 4.15. The molecule has 1 aromatic heterocycles. The SMILES string of the molecule is CC1N(CC2CC2)C(=O)COC12CCN(Cc1cccnc1)CC2. The summed E-state index contributed by atoms with van der Waals surface area (Å²) in [7, 11) is 0. The Kier molecular flexibility index (Phi) is 4.31. The number of nitrogens with zero attached hydrogens (tertiary/aromatic N) is 3. The molecule has 0 N–H and O–H groups in total. The molecule has 3 aliphatic rings. The molecule has 1 unspecified atom stereocenters. The van der Waals surface area contributed by atoms with E-state index >= 15 is 0 Å². The zero-order valence-electron chi connectivity index (χ0n) is 14.5. The van der Waals surface area contributed by atoms with Crippen molar-refractivity contribution in [3.63, 3.8) is 0 Å². The summed E-state index contributed by atoms with van der Waals surface area (Å²) in [6, 6.07) is 4.32. The van der Waals surface area contributed by atoms with Crippen LogP contribution in [0.2, 0.25) is 0 Å². The van der Waals surface area contributed by atoms with Crippen LogP contribution < -0.4 is 0 Å². The Morgan fingerprint density at radius 1 is 1.33 bits per heavy atom. The molecule has 4 rings (SSSR count). The van der Waals surface area contributed by atoms with Crippen LogP contribution in [0.3, 0.4) is 0 Å². The Morgan fingerprint density at radius 2 is 2.12 bits per heavy atom. The van der Waals surface area contributed by atoms with Crippen molar-refractivity contribution in [1.82, 2.24) is 14.8 Å². The molecule has 0 aromatic carbocycles. The average Bonchev–Trinajstić information content (AvgIpc) is 3.42. The largest absolute Gasteiger partial charge is 0.363 e. The average molecular weight is 329 g/mol. The summed E-state index contributed by atoms with van der Waals surface area (Å²) in [4.78, 5) is 21.1. The lowest BCUT2D eigenvalue weighted by atomic mass is 9.82. The first-order valence-corrected chi connectivity index (χ1v) is 9.21. The minimum atomic E-state index is -0.145. The molecule has 2 aliphatic heterocycles. The van der Waals surface area contributed by atoms with Gasteiger partial charge in [-0.15, -0.1) is 0 Å². The van der Waals surface area contributed by atoms with Crippen LogP contribution in [-0.2, 0) is 16.1 Å². The van der Waals surface area contributed by atoms with Crippen LogP contribution in [0, 0.1) is 5.92 Å². The topological polar surface area (TPSA) is 45.7 Å². The van der Waals surface area contributed by atoms with Crippen LogP contribution in [0.15, 0.2) is 24.5 Å². The van der Waals surface area contributed by atoms with Crippen LogP contribution in [0.4, 0.5) is 0 Å². The zero-order chi connectivity index (χ0) is 16.6. The number of ether oxygens (including phenoxy) is 1. The molecule has 130 valence electrons. The van der Waals surface area contributed by atoms with Gasteiger partial charge < -0.3 is 9.64 Å². The smallest absolute Gasteiger partial charge is 0.248 e. The molecule has 3 heterocycles. The van der Waals surface area contributed by atoms with Crippen LogP contribution in [-0.4, -0.2) is 58.6 Å². The van der Waals surface area contributed by atoms with Gasteiger partial charge in [0.05, 0.1) is 11.6 Å². The first kappa shape index (κ1) is 16.0. The number of carbonyl (C=O) groups is 1. The highest BCUT2D eigenvalue weighted by atomic mass is 16.5. The van der Waals surface area contributed by atoms with Gasteiger partial charge in [-0.3, -0.25) is 14.7 Å². The molecule has 5 heteroatoms. The summed E-state index contributed by atoms with van der Waals surface area (Å²) in [5, 5.41) is 0. The second-order valence-electron chi connectivity index (χ2n) is 7.66. The second-order valence-corrected chi connectivity index (χ2v) is 7.66. The number of hydrogen-bond acceptors (Lipinski definition) is 4.